The van der Waals surface area contributed by atoms with Gasteiger partial charge in [0, 0.05) is 11.3 Å². The van der Waals surface area contributed by atoms with Gasteiger partial charge in [-0.15, -0.1) is 0 Å². The maximum atomic E-state index is 11.3. The summed E-state index contributed by atoms with van der Waals surface area (Å²) in [7, 11) is 0. The summed E-state index contributed by atoms with van der Waals surface area (Å²) < 4.78 is 0. The summed E-state index contributed by atoms with van der Waals surface area (Å²) in [5.74, 6) is -0.0214. The Kier molecular flexibility index (Phi) is 7.93. The van der Waals surface area contributed by atoms with Crippen LogP contribution in [0.2, 0.25) is 0 Å². The fourth-order valence-electron chi connectivity index (χ4n) is 1.07. The molecule has 0 aliphatic rings. The molecule has 0 aliphatic carbocycles. The van der Waals surface area contributed by atoms with E-state index in [-0.39, 0.29) is 23.8 Å². The van der Waals surface area contributed by atoms with Gasteiger partial charge < -0.3 is 15.7 Å². The van der Waals surface area contributed by atoms with Crippen LogP contribution >= 0.6 is 11.8 Å². The Morgan fingerprint density at radius 2 is 2.21 bits per heavy atom. The Morgan fingerprint density at radius 1 is 1.57 bits per heavy atom. The summed E-state index contributed by atoms with van der Waals surface area (Å²) in [6.07, 6.45) is 1.92. The van der Waals surface area contributed by atoms with Gasteiger partial charge in [-0.1, -0.05) is 6.92 Å². The van der Waals surface area contributed by atoms with Crippen LogP contribution in [0.3, 0.4) is 0 Å². The van der Waals surface area contributed by atoms with E-state index in [9.17, 15) is 4.79 Å². The SMILES string of the molecule is CCNCC(=O)NC(C)C(CO)SC. The topological polar surface area (TPSA) is 61.4 Å². The second-order valence-corrected chi connectivity index (χ2v) is 4.17. The van der Waals surface area contributed by atoms with Gasteiger partial charge >= 0.3 is 0 Å². The molecule has 2 atom stereocenters. The van der Waals surface area contributed by atoms with Crippen LogP contribution in [0.15, 0.2) is 0 Å². The largest absolute Gasteiger partial charge is 0.395 e. The van der Waals surface area contributed by atoms with Gasteiger partial charge in [-0.2, -0.15) is 11.8 Å². The fourth-order valence-corrected chi connectivity index (χ4v) is 1.70. The minimum Gasteiger partial charge on any atom is -0.395 e. The molecule has 0 aromatic carbocycles. The molecule has 0 aromatic heterocycles. The molecule has 0 fully saturated rings. The van der Waals surface area contributed by atoms with Gasteiger partial charge in [-0.05, 0) is 19.7 Å². The number of likely N-dealkylation sites (N-methyl/N-ethyl adjacent to an activating group) is 1. The smallest absolute Gasteiger partial charge is 0.234 e. The molecule has 84 valence electrons. The third kappa shape index (κ3) is 5.47. The molecule has 14 heavy (non-hydrogen) atoms. The molecule has 0 heterocycles. The van der Waals surface area contributed by atoms with Crippen molar-refractivity contribution in [2.75, 3.05) is 26.0 Å². The van der Waals surface area contributed by atoms with Crippen LogP contribution < -0.4 is 10.6 Å². The second kappa shape index (κ2) is 8.08. The zero-order chi connectivity index (χ0) is 11.0. The number of amides is 1. The highest BCUT2D eigenvalue weighted by molar-refractivity contribution is 7.99. The highest BCUT2D eigenvalue weighted by Crippen LogP contribution is 2.09. The predicted molar refractivity (Wildman–Crippen MR) is 60.5 cm³/mol. The van der Waals surface area contributed by atoms with Crippen LogP contribution in [0.1, 0.15) is 13.8 Å². The van der Waals surface area contributed by atoms with Crippen LogP contribution in [0.5, 0.6) is 0 Å². The van der Waals surface area contributed by atoms with Crippen molar-refractivity contribution in [1.82, 2.24) is 10.6 Å². The Balaban J connectivity index is 3.79. The molecule has 0 saturated carbocycles. The van der Waals surface area contributed by atoms with Gasteiger partial charge in [0.25, 0.3) is 0 Å². The van der Waals surface area contributed by atoms with E-state index in [4.69, 9.17) is 5.11 Å². The van der Waals surface area contributed by atoms with Crippen LogP contribution in [0, 0.1) is 0 Å². The first-order valence-electron chi connectivity index (χ1n) is 4.79. The molecule has 0 spiro atoms. The second-order valence-electron chi connectivity index (χ2n) is 3.09. The van der Waals surface area contributed by atoms with Crippen molar-refractivity contribution in [1.29, 1.82) is 0 Å². The average molecular weight is 220 g/mol. The molecule has 0 bridgehead atoms. The summed E-state index contributed by atoms with van der Waals surface area (Å²) in [5.41, 5.74) is 0. The van der Waals surface area contributed by atoms with E-state index < -0.39 is 0 Å². The number of thioether (sulfide) groups is 1. The Morgan fingerprint density at radius 3 is 2.64 bits per heavy atom. The first-order valence-corrected chi connectivity index (χ1v) is 6.08. The van der Waals surface area contributed by atoms with Crippen molar-refractivity contribution >= 4 is 17.7 Å². The molecule has 2 unspecified atom stereocenters. The molecule has 0 aromatic rings. The van der Waals surface area contributed by atoms with Gasteiger partial charge in [0.05, 0.1) is 13.2 Å². The molecule has 0 rings (SSSR count). The number of hydrogen-bond donors (Lipinski definition) is 3. The van der Waals surface area contributed by atoms with Gasteiger partial charge in [-0.25, -0.2) is 0 Å². The van der Waals surface area contributed by atoms with Crippen molar-refractivity contribution in [3.8, 4) is 0 Å². The van der Waals surface area contributed by atoms with Gasteiger partial charge in [0.15, 0.2) is 0 Å². The van der Waals surface area contributed by atoms with E-state index in [1.165, 1.54) is 0 Å². The molecule has 0 aliphatic heterocycles. The molecule has 3 N–H and O–H groups in total. The lowest BCUT2D eigenvalue weighted by atomic mass is 10.2. The van der Waals surface area contributed by atoms with Crippen molar-refractivity contribution in [3.05, 3.63) is 0 Å². The van der Waals surface area contributed by atoms with Crippen molar-refractivity contribution < 1.29 is 9.90 Å². The number of aliphatic hydroxyl groups is 1. The van der Waals surface area contributed by atoms with E-state index in [2.05, 4.69) is 10.6 Å². The summed E-state index contributed by atoms with van der Waals surface area (Å²) in [4.78, 5) is 11.3. The Bertz CT molecular complexity index is 163. The lowest BCUT2D eigenvalue weighted by Gasteiger charge is -2.21. The monoisotopic (exact) mass is 220 g/mol. The van der Waals surface area contributed by atoms with E-state index in [1.54, 1.807) is 11.8 Å². The van der Waals surface area contributed by atoms with Crippen molar-refractivity contribution in [2.24, 2.45) is 0 Å². The van der Waals surface area contributed by atoms with Crippen LogP contribution in [-0.4, -0.2) is 48.3 Å². The summed E-state index contributed by atoms with van der Waals surface area (Å²) in [6, 6.07) is 0.00107. The minimum absolute atomic E-state index is 0.00107. The van der Waals surface area contributed by atoms with E-state index in [0.29, 0.717) is 6.54 Å². The number of carbonyl (C=O) groups is 1. The molecule has 1 amide bonds. The standard InChI is InChI=1S/C9H20N2O2S/c1-4-10-5-9(13)11-7(2)8(6-12)14-3/h7-8,10,12H,4-6H2,1-3H3,(H,11,13). The lowest BCUT2D eigenvalue weighted by Crippen LogP contribution is -2.44. The summed E-state index contributed by atoms with van der Waals surface area (Å²) in [6.45, 7) is 5.07. The van der Waals surface area contributed by atoms with E-state index in [0.717, 1.165) is 6.54 Å². The number of nitrogens with one attached hydrogen (secondary N) is 2. The first-order chi connectivity index (χ1) is 6.65. The van der Waals surface area contributed by atoms with Crippen molar-refractivity contribution in [2.45, 2.75) is 25.1 Å². The quantitative estimate of drug-likeness (QED) is 0.557. The van der Waals surface area contributed by atoms with Gasteiger partial charge in [0.2, 0.25) is 5.91 Å². The Labute approximate surface area is 89.8 Å². The van der Waals surface area contributed by atoms with Crippen molar-refractivity contribution in [3.63, 3.8) is 0 Å². The van der Waals surface area contributed by atoms with Gasteiger partial charge in [0.1, 0.15) is 0 Å². The summed E-state index contributed by atoms with van der Waals surface area (Å²) in [5, 5.41) is 14.8. The number of hydrogen-bond acceptors (Lipinski definition) is 4. The predicted octanol–water partition coefficient (Wildman–Crippen LogP) is -0.175. The molecule has 0 saturated heterocycles. The highest BCUT2D eigenvalue weighted by atomic mass is 32.2. The molecule has 0 radical (unpaired) electrons. The van der Waals surface area contributed by atoms with Gasteiger partial charge in [-0.3, -0.25) is 4.79 Å². The number of rotatable bonds is 7. The molecular weight excluding hydrogens is 200 g/mol. The number of aliphatic hydroxyl groups excluding tert-OH is 1. The number of carbonyl (C=O) groups excluding carboxylic acids is 1. The zero-order valence-electron chi connectivity index (χ0n) is 9.04. The Hall–Kier alpha value is -0.260. The molecule has 4 nitrogen and oxygen atoms in total. The highest BCUT2D eigenvalue weighted by Gasteiger charge is 2.16. The fraction of sp³-hybridized carbons (Fsp3) is 0.889. The van der Waals surface area contributed by atoms with Crippen LogP contribution in [0.25, 0.3) is 0 Å². The average Bonchev–Trinajstić information content (AvgIpc) is 2.16. The minimum atomic E-state index is -0.0214. The first kappa shape index (κ1) is 13.7. The van der Waals surface area contributed by atoms with E-state index >= 15 is 0 Å². The maximum absolute atomic E-state index is 11.3. The van der Waals surface area contributed by atoms with Crippen LogP contribution in [-0.2, 0) is 4.79 Å². The van der Waals surface area contributed by atoms with Crippen LogP contribution in [0.4, 0.5) is 0 Å². The van der Waals surface area contributed by atoms with E-state index in [1.807, 2.05) is 20.1 Å². The maximum Gasteiger partial charge on any atom is 0.234 e. The zero-order valence-corrected chi connectivity index (χ0v) is 9.86. The molecular formula is C9H20N2O2S. The lowest BCUT2D eigenvalue weighted by molar-refractivity contribution is -0.120. The summed E-state index contributed by atoms with van der Waals surface area (Å²) >= 11 is 1.56. The third-order valence-electron chi connectivity index (χ3n) is 1.96. The molecule has 5 heteroatoms. The third-order valence-corrected chi connectivity index (χ3v) is 3.13. The normalized spacial score (nSPS) is 14.9.